The van der Waals surface area contributed by atoms with E-state index >= 15 is 0 Å². The van der Waals surface area contributed by atoms with Crippen LogP contribution >= 0.6 is 23.2 Å². The summed E-state index contributed by atoms with van der Waals surface area (Å²) in [7, 11) is 0. The van der Waals surface area contributed by atoms with Crippen LogP contribution in [0, 0.1) is 6.92 Å². The number of fused-ring (bicyclic) bond motifs is 1. The number of alkyl halides is 1. The number of rotatable bonds is 2. The molecule has 0 N–H and O–H groups in total. The lowest BCUT2D eigenvalue weighted by Gasteiger charge is -2.14. The Kier molecular flexibility index (Phi) is 3.69. The molecule has 0 saturated carbocycles. The standard InChI is InChI=1S/C14H14Cl2O2/c1-7(2)10-5-11(16)8(3)13-9(6-15)4-12(17)18-14(10)13/h4-5,7H,6H2,1-3H3. The highest BCUT2D eigenvalue weighted by Crippen LogP contribution is 2.34. The van der Waals surface area contributed by atoms with E-state index in [9.17, 15) is 4.79 Å². The first-order chi connectivity index (χ1) is 8.45. The second kappa shape index (κ2) is 4.94. The third kappa shape index (κ3) is 2.15. The van der Waals surface area contributed by atoms with Crippen LogP contribution in [-0.4, -0.2) is 0 Å². The molecule has 2 nitrogen and oxygen atoms in total. The second-order valence-corrected chi connectivity index (χ2v) is 5.33. The molecule has 0 aliphatic carbocycles. The Morgan fingerprint density at radius 2 is 2.00 bits per heavy atom. The average molecular weight is 285 g/mol. The van der Waals surface area contributed by atoms with E-state index < -0.39 is 0 Å². The molecule has 0 bridgehead atoms. The molecule has 0 radical (unpaired) electrons. The fourth-order valence-electron chi connectivity index (χ4n) is 2.12. The van der Waals surface area contributed by atoms with E-state index in [1.165, 1.54) is 6.07 Å². The van der Waals surface area contributed by atoms with Gasteiger partial charge in [-0.25, -0.2) is 4.79 Å². The van der Waals surface area contributed by atoms with E-state index in [1.54, 1.807) is 0 Å². The van der Waals surface area contributed by atoms with Crippen molar-refractivity contribution in [1.29, 1.82) is 0 Å². The lowest BCUT2D eigenvalue weighted by Crippen LogP contribution is -2.03. The molecule has 0 fully saturated rings. The summed E-state index contributed by atoms with van der Waals surface area (Å²) in [6.07, 6.45) is 0. The molecule has 2 rings (SSSR count). The van der Waals surface area contributed by atoms with Crippen LogP contribution in [0.5, 0.6) is 0 Å². The summed E-state index contributed by atoms with van der Waals surface area (Å²) in [6.45, 7) is 5.98. The number of hydrogen-bond donors (Lipinski definition) is 0. The summed E-state index contributed by atoms with van der Waals surface area (Å²) in [5.74, 6) is 0.486. The molecule has 0 amide bonds. The summed E-state index contributed by atoms with van der Waals surface area (Å²) in [4.78, 5) is 11.6. The smallest absolute Gasteiger partial charge is 0.336 e. The Bertz CT molecular complexity index is 657. The topological polar surface area (TPSA) is 30.2 Å². The van der Waals surface area contributed by atoms with Gasteiger partial charge < -0.3 is 4.42 Å². The zero-order chi connectivity index (χ0) is 13.4. The van der Waals surface area contributed by atoms with Gasteiger partial charge in [0, 0.05) is 22.4 Å². The first-order valence-corrected chi connectivity index (χ1v) is 6.68. The van der Waals surface area contributed by atoms with E-state index in [4.69, 9.17) is 27.6 Å². The molecule has 0 aliphatic heterocycles. The first kappa shape index (κ1) is 13.4. The summed E-state index contributed by atoms with van der Waals surface area (Å²) in [5.41, 5.74) is 2.83. The van der Waals surface area contributed by atoms with Crippen molar-refractivity contribution < 1.29 is 4.42 Å². The van der Waals surface area contributed by atoms with Gasteiger partial charge in [0.1, 0.15) is 5.58 Å². The number of halogens is 2. The Balaban J connectivity index is 3.02. The van der Waals surface area contributed by atoms with Gasteiger partial charge in [0.15, 0.2) is 0 Å². The van der Waals surface area contributed by atoms with E-state index in [1.807, 2.05) is 26.8 Å². The van der Waals surface area contributed by atoms with Gasteiger partial charge in [-0.15, -0.1) is 11.6 Å². The maximum atomic E-state index is 11.6. The molecule has 1 aromatic carbocycles. The van der Waals surface area contributed by atoms with Crippen LogP contribution in [0.2, 0.25) is 5.02 Å². The molecule has 0 atom stereocenters. The predicted molar refractivity (Wildman–Crippen MR) is 75.9 cm³/mol. The minimum Gasteiger partial charge on any atom is -0.422 e. The van der Waals surface area contributed by atoms with Gasteiger partial charge in [0.25, 0.3) is 0 Å². The monoisotopic (exact) mass is 284 g/mol. The molecular weight excluding hydrogens is 271 g/mol. The normalized spacial score (nSPS) is 11.4. The third-order valence-electron chi connectivity index (χ3n) is 3.09. The van der Waals surface area contributed by atoms with Crippen LogP contribution in [0.1, 0.15) is 36.5 Å². The number of aryl methyl sites for hydroxylation is 1. The highest BCUT2D eigenvalue weighted by Gasteiger charge is 2.16. The van der Waals surface area contributed by atoms with Crippen LogP contribution in [0.3, 0.4) is 0 Å². The Labute approximate surface area is 116 Å². The molecular formula is C14H14Cl2O2. The van der Waals surface area contributed by atoms with Gasteiger partial charge in [0.2, 0.25) is 0 Å². The summed E-state index contributed by atoms with van der Waals surface area (Å²) >= 11 is 12.2. The van der Waals surface area contributed by atoms with E-state index in [-0.39, 0.29) is 17.4 Å². The van der Waals surface area contributed by atoms with Gasteiger partial charge in [-0.05, 0) is 35.6 Å². The van der Waals surface area contributed by atoms with Gasteiger partial charge in [0.05, 0.1) is 0 Å². The van der Waals surface area contributed by atoms with Crippen LogP contribution in [0.15, 0.2) is 21.3 Å². The van der Waals surface area contributed by atoms with E-state index in [0.29, 0.717) is 10.6 Å². The van der Waals surface area contributed by atoms with Crippen molar-refractivity contribution in [2.45, 2.75) is 32.6 Å². The van der Waals surface area contributed by atoms with Gasteiger partial charge >= 0.3 is 5.63 Å². The molecule has 0 saturated heterocycles. The van der Waals surface area contributed by atoms with Gasteiger partial charge in [-0.1, -0.05) is 25.4 Å². The lowest BCUT2D eigenvalue weighted by atomic mass is 9.96. The molecule has 1 aromatic heterocycles. The van der Waals surface area contributed by atoms with Crippen molar-refractivity contribution in [3.63, 3.8) is 0 Å². The largest absolute Gasteiger partial charge is 0.422 e. The molecule has 0 aliphatic rings. The fraction of sp³-hybridized carbons (Fsp3) is 0.357. The second-order valence-electron chi connectivity index (χ2n) is 4.66. The molecule has 0 unspecified atom stereocenters. The first-order valence-electron chi connectivity index (χ1n) is 5.77. The minimum atomic E-state index is -0.373. The SMILES string of the molecule is Cc1c(Cl)cc(C(C)C)c2oc(=O)cc(CCl)c12. The molecule has 18 heavy (non-hydrogen) atoms. The molecule has 0 spiro atoms. The van der Waals surface area contributed by atoms with Crippen molar-refractivity contribution >= 4 is 34.2 Å². The molecule has 96 valence electrons. The van der Waals surface area contributed by atoms with Crippen molar-refractivity contribution in [2.75, 3.05) is 0 Å². The zero-order valence-corrected chi connectivity index (χ0v) is 12.0. The summed E-state index contributed by atoms with van der Waals surface area (Å²) in [5, 5.41) is 1.53. The average Bonchev–Trinajstić information content (AvgIpc) is 2.32. The molecule has 2 aromatic rings. The Hall–Kier alpha value is -0.990. The Morgan fingerprint density at radius 1 is 1.33 bits per heavy atom. The zero-order valence-electron chi connectivity index (χ0n) is 10.5. The van der Waals surface area contributed by atoms with Crippen LogP contribution in [0.25, 0.3) is 11.0 Å². The maximum Gasteiger partial charge on any atom is 0.336 e. The van der Waals surface area contributed by atoms with Crippen molar-refractivity contribution in [1.82, 2.24) is 0 Å². The Morgan fingerprint density at radius 3 is 2.56 bits per heavy atom. The molecule has 4 heteroatoms. The quantitative estimate of drug-likeness (QED) is 0.595. The minimum absolute atomic E-state index is 0.222. The van der Waals surface area contributed by atoms with Gasteiger partial charge in [-0.3, -0.25) is 0 Å². The summed E-state index contributed by atoms with van der Waals surface area (Å²) < 4.78 is 5.36. The lowest BCUT2D eigenvalue weighted by molar-refractivity contribution is 0.553. The predicted octanol–water partition coefficient (Wildman–Crippen LogP) is 4.62. The highest BCUT2D eigenvalue weighted by molar-refractivity contribution is 6.32. The fourth-order valence-corrected chi connectivity index (χ4v) is 2.54. The van der Waals surface area contributed by atoms with Crippen LogP contribution < -0.4 is 5.63 Å². The van der Waals surface area contributed by atoms with Crippen LogP contribution in [0.4, 0.5) is 0 Å². The van der Waals surface area contributed by atoms with Crippen molar-refractivity contribution in [2.24, 2.45) is 0 Å². The van der Waals surface area contributed by atoms with Crippen molar-refractivity contribution in [3.8, 4) is 0 Å². The van der Waals surface area contributed by atoms with Crippen molar-refractivity contribution in [3.05, 3.63) is 44.3 Å². The highest BCUT2D eigenvalue weighted by atomic mass is 35.5. The molecule has 1 heterocycles. The van der Waals surface area contributed by atoms with Gasteiger partial charge in [-0.2, -0.15) is 0 Å². The number of benzene rings is 1. The summed E-state index contributed by atoms with van der Waals surface area (Å²) in [6, 6.07) is 3.30. The number of hydrogen-bond acceptors (Lipinski definition) is 2. The van der Waals surface area contributed by atoms with Crippen LogP contribution in [-0.2, 0) is 5.88 Å². The third-order valence-corrected chi connectivity index (χ3v) is 3.77. The van der Waals surface area contributed by atoms with E-state index in [0.717, 1.165) is 22.1 Å². The van der Waals surface area contributed by atoms with E-state index in [2.05, 4.69) is 0 Å². The maximum absolute atomic E-state index is 11.6.